The van der Waals surface area contributed by atoms with Crippen LogP contribution in [0.1, 0.15) is 33.7 Å². The monoisotopic (exact) mass is 287 g/mol. The van der Waals surface area contributed by atoms with Crippen LogP contribution in [-0.4, -0.2) is 25.8 Å². The van der Waals surface area contributed by atoms with Crippen molar-refractivity contribution in [1.29, 1.82) is 0 Å². The molecule has 0 radical (unpaired) electrons. The summed E-state index contributed by atoms with van der Waals surface area (Å²) in [7, 11) is 0. The Morgan fingerprint density at radius 2 is 2.19 bits per heavy atom. The number of nitrogens with zero attached hydrogens (tertiary/aromatic N) is 3. The molecule has 0 aliphatic heterocycles. The fourth-order valence-electron chi connectivity index (χ4n) is 2.77. The highest BCUT2D eigenvalue weighted by atomic mass is 16.6. The number of rotatable bonds is 3. The normalized spacial score (nSPS) is 13.2. The molecule has 0 saturated heterocycles. The molecule has 1 N–H and O–H groups in total. The van der Waals surface area contributed by atoms with Crippen LogP contribution >= 0.6 is 0 Å². The van der Waals surface area contributed by atoms with E-state index in [1.54, 1.807) is 19.1 Å². The summed E-state index contributed by atoms with van der Waals surface area (Å²) in [6.07, 6.45) is 2.17. The van der Waals surface area contributed by atoms with E-state index in [2.05, 4.69) is 5.10 Å². The zero-order valence-electron chi connectivity index (χ0n) is 11.4. The van der Waals surface area contributed by atoms with Crippen molar-refractivity contribution in [3.8, 4) is 5.69 Å². The Balaban J connectivity index is 2.25. The van der Waals surface area contributed by atoms with Crippen LogP contribution < -0.4 is 0 Å². The summed E-state index contributed by atoms with van der Waals surface area (Å²) in [5.74, 6) is -1.10. The quantitative estimate of drug-likeness (QED) is 0.689. The Labute approximate surface area is 120 Å². The molecule has 0 unspecified atom stereocenters. The van der Waals surface area contributed by atoms with Crippen molar-refractivity contribution < 1.29 is 14.8 Å². The Kier molecular flexibility index (Phi) is 2.97. The summed E-state index contributed by atoms with van der Waals surface area (Å²) in [6.45, 7) is 1.77. The van der Waals surface area contributed by atoms with Gasteiger partial charge in [0.25, 0.3) is 5.69 Å². The van der Waals surface area contributed by atoms with Gasteiger partial charge < -0.3 is 5.11 Å². The van der Waals surface area contributed by atoms with E-state index in [-0.39, 0.29) is 11.4 Å². The molecule has 7 heteroatoms. The first kappa shape index (κ1) is 13.3. The number of aryl methyl sites for hydroxylation is 1. The molecule has 1 heterocycles. The maximum absolute atomic E-state index is 11.3. The summed E-state index contributed by atoms with van der Waals surface area (Å²) in [5.41, 5.74) is 2.47. The van der Waals surface area contributed by atoms with E-state index in [4.69, 9.17) is 0 Å². The molecule has 0 bridgehead atoms. The Hall–Kier alpha value is -2.70. The van der Waals surface area contributed by atoms with E-state index in [0.717, 1.165) is 17.7 Å². The lowest BCUT2D eigenvalue weighted by Crippen LogP contribution is -2.07. The van der Waals surface area contributed by atoms with Crippen LogP contribution in [0.4, 0.5) is 5.69 Å². The fourth-order valence-corrected chi connectivity index (χ4v) is 2.77. The highest BCUT2D eigenvalue weighted by molar-refractivity contribution is 5.88. The average Bonchev–Trinajstić information content (AvgIpc) is 3.00. The van der Waals surface area contributed by atoms with Crippen molar-refractivity contribution in [2.45, 2.75) is 26.2 Å². The van der Waals surface area contributed by atoms with Gasteiger partial charge >= 0.3 is 5.97 Å². The van der Waals surface area contributed by atoms with Gasteiger partial charge in [0.2, 0.25) is 0 Å². The number of hydrogen-bond acceptors (Lipinski definition) is 4. The first-order chi connectivity index (χ1) is 9.99. The van der Waals surface area contributed by atoms with Gasteiger partial charge in [0.15, 0.2) is 5.69 Å². The van der Waals surface area contributed by atoms with Crippen LogP contribution in [0.15, 0.2) is 18.2 Å². The second-order valence-corrected chi connectivity index (χ2v) is 5.09. The molecular formula is C14H13N3O4. The van der Waals surface area contributed by atoms with Gasteiger partial charge in [-0.25, -0.2) is 9.48 Å². The van der Waals surface area contributed by atoms with Crippen LogP contribution in [-0.2, 0) is 12.8 Å². The molecule has 0 spiro atoms. The molecule has 1 aromatic heterocycles. The van der Waals surface area contributed by atoms with E-state index < -0.39 is 10.9 Å². The third-order valence-corrected chi connectivity index (χ3v) is 3.69. The van der Waals surface area contributed by atoms with Crippen LogP contribution in [0.2, 0.25) is 0 Å². The molecular weight excluding hydrogens is 274 g/mol. The number of carboxylic acids is 1. The van der Waals surface area contributed by atoms with Crippen molar-refractivity contribution in [1.82, 2.24) is 9.78 Å². The molecule has 0 atom stereocenters. The zero-order valence-corrected chi connectivity index (χ0v) is 11.4. The number of fused-ring (bicyclic) bond motifs is 1. The van der Waals surface area contributed by atoms with Gasteiger partial charge in [-0.3, -0.25) is 10.1 Å². The molecule has 0 saturated carbocycles. The minimum Gasteiger partial charge on any atom is -0.476 e. The van der Waals surface area contributed by atoms with Crippen LogP contribution in [0.3, 0.4) is 0 Å². The third-order valence-electron chi connectivity index (χ3n) is 3.69. The Morgan fingerprint density at radius 1 is 1.43 bits per heavy atom. The highest BCUT2D eigenvalue weighted by Gasteiger charge is 2.29. The molecule has 108 valence electrons. The Bertz CT molecular complexity index is 764. The SMILES string of the molecule is Cc1ccc(-n2nc(C(=O)O)c3c2CCC3)c([N+](=O)[O-])c1. The van der Waals surface area contributed by atoms with E-state index in [9.17, 15) is 20.0 Å². The number of nitro groups is 1. The minimum atomic E-state index is -1.10. The first-order valence-electron chi connectivity index (χ1n) is 6.58. The number of nitro benzene ring substituents is 1. The number of aromatic nitrogens is 2. The number of aromatic carboxylic acids is 1. The van der Waals surface area contributed by atoms with Gasteiger partial charge in [-0.1, -0.05) is 6.07 Å². The number of hydrogen-bond donors (Lipinski definition) is 1. The molecule has 1 aromatic carbocycles. The van der Waals surface area contributed by atoms with Gasteiger partial charge in [-0.15, -0.1) is 0 Å². The number of benzene rings is 1. The maximum atomic E-state index is 11.3. The standard InChI is InChI=1S/C14H13N3O4/c1-8-5-6-11(12(7-8)17(20)21)16-10-4-2-3-9(10)13(15-16)14(18)19/h5-7H,2-4H2,1H3,(H,18,19). The number of carboxylic acid groups (broad SMARTS) is 1. The summed E-state index contributed by atoms with van der Waals surface area (Å²) >= 11 is 0. The lowest BCUT2D eigenvalue weighted by molar-refractivity contribution is -0.384. The summed E-state index contributed by atoms with van der Waals surface area (Å²) in [5, 5.41) is 24.5. The van der Waals surface area contributed by atoms with Crippen molar-refractivity contribution >= 4 is 11.7 Å². The van der Waals surface area contributed by atoms with Crippen LogP contribution in [0.5, 0.6) is 0 Å². The lowest BCUT2D eigenvalue weighted by Gasteiger charge is -2.07. The molecule has 3 rings (SSSR count). The van der Waals surface area contributed by atoms with Gasteiger partial charge in [0.05, 0.1) is 4.92 Å². The smallest absolute Gasteiger partial charge is 0.356 e. The molecule has 1 aliphatic rings. The van der Waals surface area contributed by atoms with E-state index >= 15 is 0 Å². The predicted octanol–water partition coefficient (Wildman–Crippen LogP) is 2.28. The predicted molar refractivity (Wildman–Crippen MR) is 73.9 cm³/mol. The van der Waals surface area contributed by atoms with Crippen molar-refractivity contribution in [2.75, 3.05) is 0 Å². The molecule has 2 aromatic rings. The van der Waals surface area contributed by atoms with Gasteiger partial charge in [0.1, 0.15) is 5.69 Å². The molecule has 21 heavy (non-hydrogen) atoms. The second kappa shape index (κ2) is 4.69. The molecule has 0 fully saturated rings. The summed E-state index contributed by atoms with van der Waals surface area (Å²) < 4.78 is 1.42. The van der Waals surface area contributed by atoms with E-state index in [0.29, 0.717) is 24.1 Å². The third kappa shape index (κ3) is 2.06. The maximum Gasteiger partial charge on any atom is 0.356 e. The number of carbonyl (C=O) groups is 1. The topological polar surface area (TPSA) is 98.3 Å². The lowest BCUT2D eigenvalue weighted by atomic mass is 10.2. The van der Waals surface area contributed by atoms with E-state index in [1.807, 2.05) is 0 Å². The first-order valence-corrected chi connectivity index (χ1v) is 6.58. The van der Waals surface area contributed by atoms with Crippen LogP contribution in [0, 0.1) is 17.0 Å². The van der Waals surface area contributed by atoms with Crippen molar-refractivity contribution in [2.24, 2.45) is 0 Å². The second-order valence-electron chi connectivity index (χ2n) is 5.09. The largest absolute Gasteiger partial charge is 0.476 e. The summed E-state index contributed by atoms with van der Waals surface area (Å²) in [6, 6.07) is 4.84. The average molecular weight is 287 g/mol. The Morgan fingerprint density at radius 3 is 2.86 bits per heavy atom. The van der Waals surface area contributed by atoms with Crippen LogP contribution in [0.25, 0.3) is 5.69 Å². The zero-order chi connectivity index (χ0) is 15.1. The fraction of sp³-hybridized carbons (Fsp3) is 0.286. The molecule has 7 nitrogen and oxygen atoms in total. The molecule has 0 amide bonds. The minimum absolute atomic E-state index is 0.00243. The highest BCUT2D eigenvalue weighted by Crippen LogP contribution is 2.31. The summed E-state index contributed by atoms with van der Waals surface area (Å²) in [4.78, 5) is 22.0. The van der Waals surface area contributed by atoms with Crippen molar-refractivity contribution in [3.05, 3.63) is 50.8 Å². The van der Waals surface area contributed by atoms with Gasteiger partial charge in [-0.2, -0.15) is 5.10 Å². The van der Waals surface area contributed by atoms with Crippen molar-refractivity contribution in [3.63, 3.8) is 0 Å². The van der Waals surface area contributed by atoms with E-state index in [1.165, 1.54) is 10.7 Å². The van der Waals surface area contributed by atoms with Gasteiger partial charge in [0, 0.05) is 17.3 Å². The van der Waals surface area contributed by atoms with Gasteiger partial charge in [-0.05, 0) is 37.8 Å². The molecule has 1 aliphatic carbocycles.